The van der Waals surface area contributed by atoms with Crippen LogP contribution in [0.25, 0.3) is 0 Å². The minimum atomic E-state index is -4.55. The van der Waals surface area contributed by atoms with Gasteiger partial charge >= 0.3 is 6.18 Å². The maximum absolute atomic E-state index is 13.0. The number of carbonyl (C=O) groups is 1. The number of hydrogen-bond acceptors (Lipinski definition) is 4. The lowest BCUT2D eigenvalue weighted by Crippen LogP contribution is -2.20. The predicted molar refractivity (Wildman–Crippen MR) is 102 cm³/mol. The molecule has 2 aromatic carbocycles. The quantitative estimate of drug-likeness (QED) is 0.427. The molecule has 4 nitrogen and oxygen atoms in total. The molecule has 0 aliphatic heterocycles. The first-order chi connectivity index (χ1) is 13.3. The topological polar surface area (TPSA) is 54.9 Å². The van der Waals surface area contributed by atoms with Crippen LogP contribution in [0.4, 0.5) is 18.9 Å². The molecule has 1 amide bonds. The molecule has 0 bridgehead atoms. The first-order valence-electron chi connectivity index (χ1n) is 8.01. The molecule has 28 heavy (non-hydrogen) atoms. The Morgan fingerprint density at radius 3 is 2.36 bits per heavy atom. The number of aromatic nitrogens is 2. The molecule has 1 heterocycles. The minimum Gasteiger partial charge on any atom is -0.323 e. The summed E-state index contributed by atoms with van der Waals surface area (Å²) in [4.78, 5) is 21.1. The van der Waals surface area contributed by atoms with Crippen LogP contribution >= 0.6 is 23.4 Å². The average Bonchev–Trinajstić information content (AvgIpc) is 2.68. The zero-order valence-electron chi connectivity index (χ0n) is 14.2. The van der Waals surface area contributed by atoms with Gasteiger partial charge in [-0.25, -0.2) is 9.97 Å². The molecule has 1 atom stereocenters. The van der Waals surface area contributed by atoms with Crippen molar-refractivity contribution in [2.45, 2.75) is 16.6 Å². The number of thioether (sulfide) groups is 1. The van der Waals surface area contributed by atoms with Crippen LogP contribution in [0.1, 0.15) is 16.4 Å². The summed E-state index contributed by atoms with van der Waals surface area (Å²) in [6, 6.07) is 13.2. The highest BCUT2D eigenvalue weighted by molar-refractivity contribution is 8.00. The Hall–Kier alpha value is -2.58. The second kappa shape index (κ2) is 8.62. The van der Waals surface area contributed by atoms with Gasteiger partial charge in [-0.15, -0.1) is 0 Å². The molecule has 1 aromatic heterocycles. The number of rotatable bonds is 5. The Balaban J connectivity index is 1.90. The highest BCUT2D eigenvalue weighted by atomic mass is 35.5. The number of anilines is 1. The highest BCUT2D eigenvalue weighted by Gasteiger charge is 2.31. The molecule has 0 saturated heterocycles. The van der Waals surface area contributed by atoms with Crippen LogP contribution in [0.5, 0.6) is 0 Å². The SMILES string of the molecule is O=C(Nc1cc(C(F)(F)F)ccc1Cl)[C@H](Sc1ncccn1)c1ccccc1. The Morgan fingerprint density at radius 2 is 1.71 bits per heavy atom. The summed E-state index contributed by atoms with van der Waals surface area (Å²) in [5.74, 6) is -0.537. The van der Waals surface area contributed by atoms with Crippen molar-refractivity contribution in [2.24, 2.45) is 0 Å². The van der Waals surface area contributed by atoms with Crippen molar-refractivity contribution >= 4 is 35.0 Å². The van der Waals surface area contributed by atoms with Crippen molar-refractivity contribution in [3.05, 3.63) is 83.1 Å². The fourth-order valence-corrected chi connectivity index (χ4v) is 3.43. The number of alkyl halides is 3. The summed E-state index contributed by atoms with van der Waals surface area (Å²) in [7, 11) is 0. The third-order valence-electron chi connectivity index (χ3n) is 3.66. The second-order valence-electron chi connectivity index (χ2n) is 5.62. The molecule has 0 spiro atoms. The van der Waals surface area contributed by atoms with E-state index in [0.29, 0.717) is 10.7 Å². The molecule has 3 aromatic rings. The third kappa shape index (κ3) is 5.02. The molecule has 9 heteroatoms. The molecule has 0 aliphatic carbocycles. The third-order valence-corrected chi connectivity index (χ3v) is 5.13. The first-order valence-corrected chi connectivity index (χ1v) is 9.26. The number of halogens is 4. The van der Waals surface area contributed by atoms with Gasteiger partial charge in [0, 0.05) is 12.4 Å². The van der Waals surface area contributed by atoms with E-state index in [1.807, 2.05) is 0 Å². The molecule has 0 fully saturated rings. The van der Waals surface area contributed by atoms with Crippen LogP contribution in [-0.4, -0.2) is 15.9 Å². The maximum Gasteiger partial charge on any atom is 0.416 e. The Kier molecular flexibility index (Phi) is 6.21. The summed E-state index contributed by atoms with van der Waals surface area (Å²) in [6.07, 6.45) is -1.46. The molecule has 0 radical (unpaired) electrons. The van der Waals surface area contributed by atoms with Crippen LogP contribution in [0.3, 0.4) is 0 Å². The van der Waals surface area contributed by atoms with Gasteiger partial charge in [0.25, 0.3) is 0 Å². The molecule has 0 saturated carbocycles. The van der Waals surface area contributed by atoms with E-state index in [4.69, 9.17) is 11.6 Å². The van der Waals surface area contributed by atoms with Crippen LogP contribution in [0, 0.1) is 0 Å². The van der Waals surface area contributed by atoms with Gasteiger partial charge < -0.3 is 5.32 Å². The van der Waals surface area contributed by atoms with Gasteiger partial charge in [-0.05, 0) is 29.8 Å². The van der Waals surface area contributed by atoms with E-state index in [9.17, 15) is 18.0 Å². The van der Waals surface area contributed by atoms with Crippen LogP contribution in [-0.2, 0) is 11.0 Å². The van der Waals surface area contributed by atoms with Gasteiger partial charge in [0.1, 0.15) is 5.25 Å². The summed E-state index contributed by atoms with van der Waals surface area (Å²) in [5, 5.41) is 2.08. The van der Waals surface area contributed by atoms with Crippen molar-refractivity contribution in [2.75, 3.05) is 5.32 Å². The van der Waals surface area contributed by atoms with Crippen LogP contribution < -0.4 is 5.32 Å². The van der Waals surface area contributed by atoms with Gasteiger partial charge in [-0.1, -0.05) is 53.7 Å². The van der Waals surface area contributed by atoms with Crippen molar-refractivity contribution in [3.63, 3.8) is 0 Å². The largest absolute Gasteiger partial charge is 0.416 e. The molecular weight excluding hydrogens is 411 g/mol. The molecule has 3 rings (SSSR count). The summed E-state index contributed by atoms with van der Waals surface area (Å²) in [5.41, 5.74) is -0.361. The van der Waals surface area contributed by atoms with E-state index >= 15 is 0 Å². The van der Waals surface area contributed by atoms with E-state index in [1.165, 1.54) is 0 Å². The first kappa shape index (κ1) is 20.2. The minimum absolute atomic E-state index is 0.00845. The number of hydrogen-bond donors (Lipinski definition) is 1. The fraction of sp³-hybridized carbons (Fsp3) is 0.105. The lowest BCUT2D eigenvalue weighted by molar-refractivity contribution is -0.137. The van der Waals surface area contributed by atoms with Gasteiger partial charge in [-0.3, -0.25) is 4.79 Å². The lowest BCUT2D eigenvalue weighted by Gasteiger charge is -2.17. The van der Waals surface area contributed by atoms with E-state index in [0.717, 1.165) is 30.0 Å². The van der Waals surface area contributed by atoms with E-state index in [-0.39, 0.29) is 10.7 Å². The fourth-order valence-electron chi connectivity index (χ4n) is 2.35. The number of carbonyl (C=O) groups excluding carboxylic acids is 1. The zero-order valence-corrected chi connectivity index (χ0v) is 15.7. The standard InChI is InChI=1S/C19H13ClF3N3OS/c20-14-8-7-13(19(21,22)23)11-15(14)26-17(27)16(12-5-2-1-3-6-12)28-18-24-9-4-10-25-18/h1-11,16H,(H,26,27)/t16-/m1/s1. The van der Waals surface area contributed by atoms with Crippen LogP contribution in [0.2, 0.25) is 5.02 Å². The van der Waals surface area contributed by atoms with Gasteiger partial charge in [0.15, 0.2) is 5.16 Å². The van der Waals surface area contributed by atoms with E-state index in [1.54, 1.807) is 48.8 Å². The maximum atomic E-state index is 13.0. The monoisotopic (exact) mass is 423 g/mol. The summed E-state index contributed by atoms with van der Waals surface area (Å²) >= 11 is 7.07. The number of nitrogens with one attached hydrogen (secondary N) is 1. The van der Waals surface area contributed by atoms with Crippen molar-refractivity contribution in [1.82, 2.24) is 9.97 Å². The molecule has 0 aliphatic rings. The van der Waals surface area contributed by atoms with E-state index < -0.39 is 22.9 Å². The van der Waals surface area contributed by atoms with Gasteiger partial charge in [0.2, 0.25) is 5.91 Å². The van der Waals surface area contributed by atoms with E-state index in [2.05, 4.69) is 15.3 Å². The van der Waals surface area contributed by atoms with Gasteiger partial charge in [0.05, 0.1) is 16.3 Å². The van der Waals surface area contributed by atoms with Crippen molar-refractivity contribution in [3.8, 4) is 0 Å². The number of nitrogens with zero attached hydrogens (tertiary/aromatic N) is 2. The number of benzene rings is 2. The predicted octanol–water partition coefficient (Wildman–Crippen LogP) is 5.62. The molecular formula is C19H13ClF3N3OS. The molecule has 144 valence electrons. The van der Waals surface area contributed by atoms with Gasteiger partial charge in [-0.2, -0.15) is 13.2 Å². The van der Waals surface area contributed by atoms with Crippen molar-refractivity contribution < 1.29 is 18.0 Å². The Labute approximate surface area is 168 Å². The summed E-state index contributed by atoms with van der Waals surface area (Å²) < 4.78 is 38.9. The zero-order chi connectivity index (χ0) is 20.1. The Bertz CT molecular complexity index is 956. The van der Waals surface area contributed by atoms with Crippen molar-refractivity contribution in [1.29, 1.82) is 0 Å². The normalized spacial score (nSPS) is 12.4. The Morgan fingerprint density at radius 1 is 1.04 bits per heavy atom. The molecule has 1 N–H and O–H groups in total. The smallest absolute Gasteiger partial charge is 0.323 e. The number of amides is 1. The summed E-state index contributed by atoms with van der Waals surface area (Å²) in [6.45, 7) is 0. The van der Waals surface area contributed by atoms with Crippen LogP contribution in [0.15, 0.2) is 72.1 Å². The average molecular weight is 424 g/mol. The lowest BCUT2D eigenvalue weighted by atomic mass is 10.1. The second-order valence-corrected chi connectivity index (χ2v) is 7.10. The highest BCUT2D eigenvalue weighted by Crippen LogP contribution is 2.37. The molecule has 0 unspecified atom stereocenters.